The van der Waals surface area contributed by atoms with Gasteiger partial charge in [-0.05, 0) is 43.7 Å². The highest BCUT2D eigenvalue weighted by molar-refractivity contribution is 6.31. The molecule has 6 heteroatoms. The van der Waals surface area contributed by atoms with Crippen LogP contribution in [-0.2, 0) is 0 Å². The largest absolute Gasteiger partial charge is 0.364 e. The zero-order valence-electron chi connectivity index (χ0n) is 12.1. The number of rotatable bonds is 6. The average molecular weight is 307 g/mol. The molecule has 0 bridgehead atoms. The fourth-order valence-corrected chi connectivity index (χ4v) is 2.42. The van der Waals surface area contributed by atoms with Gasteiger partial charge in [-0.15, -0.1) is 0 Å². The third-order valence-corrected chi connectivity index (χ3v) is 3.58. The summed E-state index contributed by atoms with van der Waals surface area (Å²) in [6, 6.07) is 7.49. The van der Waals surface area contributed by atoms with E-state index in [1.54, 1.807) is 16.9 Å². The molecule has 21 heavy (non-hydrogen) atoms. The number of carbonyl (C=O) groups is 1. The lowest BCUT2D eigenvalue weighted by molar-refractivity contribution is 0.0995. The molecule has 1 amide bonds. The second-order valence-corrected chi connectivity index (χ2v) is 5.30. The van der Waals surface area contributed by atoms with E-state index in [1.165, 1.54) is 0 Å². The first-order valence-corrected chi connectivity index (χ1v) is 7.29. The lowest BCUT2D eigenvalue weighted by Crippen LogP contribution is -2.19. The summed E-state index contributed by atoms with van der Waals surface area (Å²) < 4.78 is 1.58. The molecule has 1 aromatic carbocycles. The van der Waals surface area contributed by atoms with Crippen LogP contribution in [0.5, 0.6) is 0 Å². The minimum atomic E-state index is -0.547. The summed E-state index contributed by atoms with van der Waals surface area (Å²) in [7, 11) is 0. The number of hydrogen-bond acceptors (Lipinski definition) is 3. The van der Waals surface area contributed by atoms with E-state index in [9.17, 15) is 4.79 Å². The summed E-state index contributed by atoms with van der Waals surface area (Å²) >= 11 is 6.35. The van der Waals surface area contributed by atoms with Crippen LogP contribution in [0.1, 0.15) is 42.4 Å². The molecule has 0 radical (unpaired) electrons. The van der Waals surface area contributed by atoms with Gasteiger partial charge >= 0.3 is 0 Å². The molecule has 1 heterocycles. The Morgan fingerprint density at radius 2 is 2.24 bits per heavy atom. The Labute approximate surface area is 129 Å². The fourth-order valence-electron chi connectivity index (χ4n) is 2.08. The van der Waals surface area contributed by atoms with Crippen LogP contribution in [0.15, 0.2) is 30.5 Å². The number of aromatic nitrogens is 2. The minimum absolute atomic E-state index is 0.185. The summed E-state index contributed by atoms with van der Waals surface area (Å²) in [6.07, 6.45) is 2.76. The van der Waals surface area contributed by atoms with Gasteiger partial charge in [0.1, 0.15) is 5.69 Å². The number of halogens is 1. The molecule has 0 saturated heterocycles. The number of carbonyl (C=O) groups excluding carboxylic acids is 1. The van der Waals surface area contributed by atoms with Gasteiger partial charge in [0.05, 0.1) is 5.69 Å². The Balaban J connectivity index is 2.23. The molecule has 3 N–H and O–H groups in total. The Hall–Kier alpha value is -1.85. The van der Waals surface area contributed by atoms with Crippen molar-refractivity contribution in [2.45, 2.75) is 26.3 Å². The molecule has 0 aliphatic heterocycles. The van der Waals surface area contributed by atoms with Gasteiger partial charge in [0.25, 0.3) is 5.91 Å². The smallest absolute Gasteiger partial charge is 0.269 e. The van der Waals surface area contributed by atoms with Crippen LogP contribution >= 0.6 is 11.6 Å². The first kappa shape index (κ1) is 15.5. The van der Waals surface area contributed by atoms with E-state index in [0.717, 1.165) is 24.2 Å². The van der Waals surface area contributed by atoms with E-state index in [1.807, 2.05) is 18.2 Å². The molecule has 0 aliphatic carbocycles. The predicted octanol–water partition coefficient (Wildman–Crippen LogP) is 2.69. The lowest BCUT2D eigenvalue weighted by atomic mass is 10.1. The van der Waals surface area contributed by atoms with Gasteiger partial charge in [0, 0.05) is 17.3 Å². The molecule has 2 rings (SSSR count). The molecule has 0 fully saturated rings. The third kappa shape index (κ3) is 3.62. The van der Waals surface area contributed by atoms with E-state index in [-0.39, 0.29) is 11.7 Å². The van der Waals surface area contributed by atoms with E-state index in [2.05, 4.69) is 24.3 Å². The van der Waals surface area contributed by atoms with Crippen LogP contribution < -0.4 is 11.1 Å². The van der Waals surface area contributed by atoms with Crippen molar-refractivity contribution in [3.8, 4) is 5.69 Å². The standard InChI is InChI=1S/C15H19ClN4O/c1-3-7-18-10(2)12-5-4-11(9-13(12)16)20-8-6-14(19-20)15(17)21/h4-6,8-10,18H,3,7H2,1-2H3,(H2,17,21). The molecule has 112 valence electrons. The molecule has 1 aromatic heterocycles. The first-order chi connectivity index (χ1) is 10.0. The molecule has 5 nitrogen and oxygen atoms in total. The highest BCUT2D eigenvalue weighted by Gasteiger charge is 2.11. The highest BCUT2D eigenvalue weighted by Crippen LogP contribution is 2.25. The Kier molecular flexibility index (Phi) is 4.98. The number of benzene rings is 1. The van der Waals surface area contributed by atoms with Gasteiger partial charge in [0.2, 0.25) is 0 Å². The van der Waals surface area contributed by atoms with E-state index >= 15 is 0 Å². The van der Waals surface area contributed by atoms with Crippen LogP contribution in [0.4, 0.5) is 0 Å². The molecular weight excluding hydrogens is 288 g/mol. The summed E-state index contributed by atoms with van der Waals surface area (Å²) in [6.45, 7) is 5.15. The van der Waals surface area contributed by atoms with E-state index in [4.69, 9.17) is 17.3 Å². The van der Waals surface area contributed by atoms with Gasteiger partial charge < -0.3 is 11.1 Å². The quantitative estimate of drug-likeness (QED) is 0.862. The summed E-state index contributed by atoms with van der Waals surface area (Å²) in [4.78, 5) is 11.1. The summed E-state index contributed by atoms with van der Waals surface area (Å²) in [5.41, 5.74) is 7.25. The maximum Gasteiger partial charge on any atom is 0.269 e. The van der Waals surface area contributed by atoms with Gasteiger partial charge in [-0.1, -0.05) is 24.6 Å². The lowest BCUT2D eigenvalue weighted by Gasteiger charge is -2.16. The zero-order chi connectivity index (χ0) is 15.4. The zero-order valence-corrected chi connectivity index (χ0v) is 12.9. The molecule has 0 aliphatic rings. The van der Waals surface area contributed by atoms with Crippen molar-refractivity contribution in [2.75, 3.05) is 6.54 Å². The Morgan fingerprint density at radius 3 is 2.81 bits per heavy atom. The van der Waals surface area contributed by atoms with Crippen molar-refractivity contribution in [1.29, 1.82) is 0 Å². The highest BCUT2D eigenvalue weighted by atomic mass is 35.5. The average Bonchev–Trinajstić information content (AvgIpc) is 2.94. The van der Waals surface area contributed by atoms with Gasteiger partial charge in [-0.3, -0.25) is 4.79 Å². The van der Waals surface area contributed by atoms with Crippen molar-refractivity contribution in [3.63, 3.8) is 0 Å². The third-order valence-electron chi connectivity index (χ3n) is 3.26. The molecule has 0 spiro atoms. The van der Waals surface area contributed by atoms with Crippen LogP contribution in [-0.4, -0.2) is 22.2 Å². The number of hydrogen-bond donors (Lipinski definition) is 2. The van der Waals surface area contributed by atoms with Crippen molar-refractivity contribution in [1.82, 2.24) is 15.1 Å². The van der Waals surface area contributed by atoms with E-state index in [0.29, 0.717) is 5.02 Å². The van der Waals surface area contributed by atoms with Crippen molar-refractivity contribution in [2.24, 2.45) is 5.73 Å². The number of nitrogens with two attached hydrogens (primary N) is 1. The number of nitrogens with zero attached hydrogens (tertiary/aromatic N) is 2. The van der Waals surface area contributed by atoms with Crippen molar-refractivity contribution in [3.05, 3.63) is 46.7 Å². The number of amides is 1. The second kappa shape index (κ2) is 6.74. The van der Waals surface area contributed by atoms with E-state index < -0.39 is 5.91 Å². The first-order valence-electron chi connectivity index (χ1n) is 6.91. The van der Waals surface area contributed by atoms with Crippen LogP contribution in [0.2, 0.25) is 5.02 Å². The number of primary amides is 1. The molecule has 2 aromatic rings. The normalized spacial score (nSPS) is 12.3. The topological polar surface area (TPSA) is 72.9 Å². The summed E-state index contributed by atoms with van der Waals surface area (Å²) in [5.74, 6) is -0.547. The van der Waals surface area contributed by atoms with Crippen LogP contribution in [0.3, 0.4) is 0 Å². The molecular formula is C15H19ClN4O. The minimum Gasteiger partial charge on any atom is -0.364 e. The molecule has 1 atom stereocenters. The van der Waals surface area contributed by atoms with Crippen LogP contribution in [0.25, 0.3) is 5.69 Å². The maximum absolute atomic E-state index is 11.1. The number of nitrogens with one attached hydrogen (secondary N) is 1. The van der Waals surface area contributed by atoms with Crippen molar-refractivity contribution >= 4 is 17.5 Å². The van der Waals surface area contributed by atoms with Crippen LogP contribution in [0, 0.1) is 0 Å². The molecule has 1 unspecified atom stereocenters. The monoisotopic (exact) mass is 306 g/mol. The van der Waals surface area contributed by atoms with Gasteiger partial charge in [-0.25, -0.2) is 4.68 Å². The Bertz CT molecular complexity index is 638. The predicted molar refractivity (Wildman–Crippen MR) is 83.8 cm³/mol. The second-order valence-electron chi connectivity index (χ2n) is 4.89. The van der Waals surface area contributed by atoms with Gasteiger partial charge in [-0.2, -0.15) is 5.10 Å². The maximum atomic E-state index is 11.1. The van der Waals surface area contributed by atoms with Crippen molar-refractivity contribution < 1.29 is 4.79 Å². The molecule has 0 saturated carbocycles. The summed E-state index contributed by atoms with van der Waals surface area (Å²) in [5, 5.41) is 8.18. The SMILES string of the molecule is CCCNC(C)c1ccc(-n2ccc(C(N)=O)n2)cc1Cl. The van der Waals surface area contributed by atoms with Gasteiger partial charge in [0.15, 0.2) is 0 Å². The fraction of sp³-hybridized carbons (Fsp3) is 0.333. The Morgan fingerprint density at radius 1 is 1.48 bits per heavy atom.